The fraction of sp³-hybridized carbons (Fsp3) is 0.0909. The highest BCUT2D eigenvalue weighted by Crippen LogP contribution is 2.32. The van der Waals surface area contributed by atoms with E-state index in [0.717, 1.165) is 28.1 Å². The maximum Gasteiger partial charge on any atom is 0.258 e. The molecule has 4 aromatic rings. The van der Waals surface area contributed by atoms with Crippen LogP contribution in [0.1, 0.15) is 15.9 Å². The van der Waals surface area contributed by atoms with Crippen LogP contribution in [-0.2, 0) is 6.54 Å². The number of aromatic nitrogens is 1. The summed E-state index contributed by atoms with van der Waals surface area (Å²) in [5.41, 5.74) is 4.86. The minimum absolute atomic E-state index is 0.0152. The second-order valence-corrected chi connectivity index (χ2v) is 6.45. The Morgan fingerprint density at radius 1 is 1.04 bits per heavy atom. The fourth-order valence-corrected chi connectivity index (χ4v) is 3.43. The van der Waals surface area contributed by atoms with Crippen LogP contribution < -0.4 is 9.64 Å². The number of fused-ring (bicyclic) bond motifs is 2. The van der Waals surface area contributed by atoms with E-state index >= 15 is 0 Å². The van der Waals surface area contributed by atoms with Gasteiger partial charge in [-0.2, -0.15) is 0 Å². The topological polar surface area (TPSA) is 55.6 Å². The highest BCUT2D eigenvalue weighted by atomic mass is 16.5. The van der Waals surface area contributed by atoms with Crippen LogP contribution in [0.5, 0.6) is 5.75 Å². The average Bonchev–Trinajstić information content (AvgIpc) is 3.29. The third-order valence-electron chi connectivity index (χ3n) is 4.82. The number of amides is 1. The van der Waals surface area contributed by atoms with Crippen LogP contribution in [-0.4, -0.2) is 18.0 Å². The van der Waals surface area contributed by atoms with E-state index in [1.54, 1.807) is 12.0 Å². The van der Waals surface area contributed by atoms with Gasteiger partial charge in [0.25, 0.3) is 5.91 Å². The first-order chi connectivity index (χ1) is 13.2. The molecule has 0 unspecified atom stereocenters. The Hall–Kier alpha value is -3.60. The van der Waals surface area contributed by atoms with Gasteiger partial charge in [0.1, 0.15) is 11.3 Å². The standard InChI is InChI=1S/C22H16N2O3/c1-26-17-7-4-6-14(11-17)21-23-19-12-16(9-10-20(19)27-21)24-13-15-5-2-3-8-18(15)22(24)25/h2-12H,13H2,1H3. The van der Waals surface area contributed by atoms with Crippen LogP contribution in [0, 0.1) is 0 Å². The largest absolute Gasteiger partial charge is 0.497 e. The molecule has 1 aliphatic rings. The maximum absolute atomic E-state index is 12.7. The Morgan fingerprint density at radius 2 is 1.93 bits per heavy atom. The van der Waals surface area contributed by atoms with Crippen molar-refractivity contribution < 1.29 is 13.9 Å². The van der Waals surface area contributed by atoms with E-state index in [1.807, 2.05) is 66.7 Å². The molecule has 0 atom stereocenters. The van der Waals surface area contributed by atoms with Crippen LogP contribution in [0.2, 0.25) is 0 Å². The number of ether oxygens (including phenoxy) is 1. The van der Waals surface area contributed by atoms with E-state index in [1.165, 1.54) is 0 Å². The molecular weight excluding hydrogens is 340 g/mol. The molecule has 0 saturated carbocycles. The van der Waals surface area contributed by atoms with Gasteiger partial charge in [0.2, 0.25) is 5.89 Å². The first-order valence-corrected chi connectivity index (χ1v) is 8.68. The van der Waals surface area contributed by atoms with E-state index in [0.29, 0.717) is 23.5 Å². The molecule has 0 aliphatic carbocycles. The first-order valence-electron chi connectivity index (χ1n) is 8.68. The molecule has 1 amide bonds. The van der Waals surface area contributed by atoms with E-state index < -0.39 is 0 Å². The first kappa shape index (κ1) is 15.6. The van der Waals surface area contributed by atoms with Gasteiger partial charge in [0.15, 0.2) is 5.58 Å². The number of nitrogens with zero attached hydrogens (tertiary/aromatic N) is 2. The molecular formula is C22H16N2O3. The number of anilines is 1. The molecule has 132 valence electrons. The van der Waals surface area contributed by atoms with Crippen molar-refractivity contribution in [3.8, 4) is 17.2 Å². The maximum atomic E-state index is 12.7. The Balaban J connectivity index is 1.52. The quantitative estimate of drug-likeness (QED) is 0.535. The molecule has 1 aliphatic heterocycles. The second kappa shape index (κ2) is 5.99. The number of rotatable bonds is 3. The van der Waals surface area contributed by atoms with Gasteiger partial charge in [-0.3, -0.25) is 4.79 Å². The minimum atomic E-state index is 0.0152. The number of hydrogen-bond acceptors (Lipinski definition) is 4. The highest BCUT2D eigenvalue weighted by molar-refractivity contribution is 6.10. The lowest BCUT2D eigenvalue weighted by Gasteiger charge is -2.15. The number of oxazole rings is 1. The second-order valence-electron chi connectivity index (χ2n) is 6.45. The van der Waals surface area contributed by atoms with Crippen LogP contribution in [0.15, 0.2) is 71.1 Å². The van der Waals surface area contributed by atoms with Crippen molar-refractivity contribution in [2.75, 3.05) is 12.0 Å². The third kappa shape index (κ3) is 2.56. The summed E-state index contributed by atoms with van der Waals surface area (Å²) in [7, 11) is 1.63. The van der Waals surface area contributed by atoms with Gasteiger partial charge in [-0.1, -0.05) is 24.3 Å². The van der Waals surface area contributed by atoms with E-state index in [9.17, 15) is 4.79 Å². The molecule has 0 spiro atoms. The predicted molar refractivity (Wildman–Crippen MR) is 103 cm³/mol. The molecule has 27 heavy (non-hydrogen) atoms. The molecule has 1 aromatic heterocycles. The molecule has 5 heteroatoms. The Kier molecular flexibility index (Phi) is 3.47. The molecule has 0 saturated heterocycles. The smallest absolute Gasteiger partial charge is 0.258 e. The summed E-state index contributed by atoms with van der Waals surface area (Å²) in [6, 6.07) is 20.9. The number of hydrogen-bond donors (Lipinski definition) is 0. The fourth-order valence-electron chi connectivity index (χ4n) is 3.43. The Bertz CT molecular complexity index is 1180. The summed E-state index contributed by atoms with van der Waals surface area (Å²) in [6.45, 7) is 0.571. The summed E-state index contributed by atoms with van der Waals surface area (Å²) >= 11 is 0. The monoisotopic (exact) mass is 356 g/mol. The van der Waals surface area contributed by atoms with Crippen molar-refractivity contribution >= 4 is 22.7 Å². The Morgan fingerprint density at radius 3 is 2.78 bits per heavy atom. The van der Waals surface area contributed by atoms with E-state index in [2.05, 4.69) is 4.98 Å². The average molecular weight is 356 g/mol. The van der Waals surface area contributed by atoms with E-state index in [-0.39, 0.29) is 5.91 Å². The number of benzene rings is 3. The molecule has 5 nitrogen and oxygen atoms in total. The van der Waals surface area contributed by atoms with Crippen molar-refractivity contribution in [3.63, 3.8) is 0 Å². The van der Waals surface area contributed by atoms with Gasteiger partial charge in [0.05, 0.1) is 13.7 Å². The normalized spacial score (nSPS) is 13.2. The summed E-state index contributed by atoms with van der Waals surface area (Å²) in [6.07, 6.45) is 0. The number of methoxy groups -OCH3 is 1. The highest BCUT2D eigenvalue weighted by Gasteiger charge is 2.28. The molecule has 0 radical (unpaired) electrons. The van der Waals surface area contributed by atoms with Crippen molar-refractivity contribution in [1.29, 1.82) is 0 Å². The zero-order valence-corrected chi connectivity index (χ0v) is 14.7. The SMILES string of the molecule is COc1cccc(-c2nc3cc(N4Cc5ccccc5C4=O)ccc3o2)c1. The van der Waals surface area contributed by atoms with Crippen molar-refractivity contribution in [2.24, 2.45) is 0 Å². The van der Waals surface area contributed by atoms with Crippen LogP contribution >= 0.6 is 0 Å². The molecule has 0 fully saturated rings. The van der Waals surface area contributed by atoms with E-state index in [4.69, 9.17) is 9.15 Å². The summed E-state index contributed by atoms with van der Waals surface area (Å²) in [4.78, 5) is 19.1. The molecule has 0 bridgehead atoms. The summed E-state index contributed by atoms with van der Waals surface area (Å²) < 4.78 is 11.2. The van der Waals surface area contributed by atoms with Crippen molar-refractivity contribution in [2.45, 2.75) is 6.54 Å². The van der Waals surface area contributed by atoms with Gasteiger partial charge in [0, 0.05) is 16.8 Å². The molecule has 0 N–H and O–H groups in total. The van der Waals surface area contributed by atoms with Gasteiger partial charge in [-0.05, 0) is 48.0 Å². The lowest BCUT2D eigenvalue weighted by atomic mass is 10.1. The minimum Gasteiger partial charge on any atom is -0.497 e. The predicted octanol–water partition coefficient (Wildman–Crippen LogP) is 4.66. The van der Waals surface area contributed by atoms with Crippen LogP contribution in [0.4, 0.5) is 5.69 Å². The van der Waals surface area contributed by atoms with Crippen LogP contribution in [0.3, 0.4) is 0 Å². The summed E-state index contributed by atoms with van der Waals surface area (Å²) in [5, 5.41) is 0. The van der Waals surface area contributed by atoms with Gasteiger partial charge < -0.3 is 14.1 Å². The zero-order chi connectivity index (χ0) is 18.4. The number of carbonyl (C=O) groups excluding carboxylic acids is 1. The molecule has 2 heterocycles. The Labute approximate surface area is 155 Å². The van der Waals surface area contributed by atoms with Gasteiger partial charge in [-0.15, -0.1) is 0 Å². The van der Waals surface area contributed by atoms with Crippen molar-refractivity contribution in [1.82, 2.24) is 4.98 Å². The summed E-state index contributed by atoms with van der Waals surface area (Å²) in [5.74, 6) is 1.29. The van der Waals surface area contributed by atoms with Gasteiger partial charge in [-0.25, -0.2) is 4.98 Å². The third-order valence-corrected chi connectivity index (χ3v) is 4.82. The van der Waals surface area contributed by atoms with Crippen LogP contribution in [0.25, 0.3) is 22.6 Å². The number of carbonyl (C=O) groups is 1. The zero-order valence-electron chi connectivity index (χ0n) is 14.7. The van der Waals surface area contributed by atoms with Crippen molar-refractivity contribution in [3.05, 3.63) is 77.9 Å². The molecule has 3 aromatic carbocycles. The molecule has 5 rings (SSSR count). The lowest BCUT2D eigenvalue weighted by molar-refractivity contribution is 0.0996. The lowest BCUT2D eigenvalue weighted by Crippen LogP contribution is -2.22. The van der Waals surface area contributed by atoms with Gasteiger partial charge >= 0.3 is 0 Å².